The van der Waals surface area contributed by atoms with Gasteiger partial charge in [0.15, 0.2) is 5.96 Å². The zero-order valence-corrected chi connectivity index (χ0v) is 17.1. The van der Waals surface area contributed by atoms with Crippen molar-refractivity contribution < 1.29 is 4.74 Å². The molecule has 0 saturated carbocycles. The number of ether oxygens (including phenoxy) is 1. The monoisotopic (exact) mass is 444 g/mol. The van der Waals surface area contributed by atoms with Crippen molar-refractivity contribution in [3.8, 4) is 0 Å². The van der Waals surface area contributed by atoms with E-state index in [0.717, 1.165) is 25.6 Å². The predicted octanol–water partition coefficient (Wildman–Crippen LogP) is 2.77. The Morgan fingerprint density at radius 2 is 1.92 bits per heavy atom. The minimum atomic E-state index is 0. The van der Waals surface area contributed by atoms with Crippen LogP contribution in [0.1, 0.15) is 19.4 Å². The quantitative estimate of drug-likeness (QED) is 0.294. The van der Waals surface area contributed by atoms with Crippen LogP contribution >= 0.6 is 24.0 Å². The molecule has 0 radical (unpaired) electrons. The van der Waals surface area contributed by atoms with E-state index in [-0.39, 0.29) is 30.0 Å². The van der Waals surface area contributed by atoms with Crippen LogP contribution in [0.4, 0.5) is 5.69 Å². The fourth-order valence-electron chi connectivity index (χ4n) is 2.52. The van der Waals surface area contributed by atoms with Gasteiger partial charge in [-0.2, -0.15) is 0 Å². The summed E-state index contributed by atoms with van der Waals surface area (Å²) in [5.41, 5.74) is 2.47. The number of anilines is 1. The summed E-state index contributed by atoms with van der Waals surface area (Å²) < 4.78 is 5.15. The van der Waals surface area contributed by atoms with E-state index in [1.54, 1.807) is 7.11 Å². The standard InChI is InChI=1S/C18H28N4O.HI/c1-4-19-18(21-15(2)14-23-3)20-13-16-7-9-17(10-8-16)22-11-5-6-12-22;/h5-10,15H,4,11-14H2,1-3H3,(H2,19,20,21);1H. The normalized spacial score (nSPS) is 15.1. The Morgan fingerprint density at radius 3 is 2.50 bits per heavy atom. The Kier molecular flexibility index (Phi) is 9.78. The van der Waals surface area contributed by atoms with E-state index >= 15 is 0 Å². The lowest BCUT2D eigenvalue weighted by Gasteiger charge is -2.18. The molecule has 1 heterocycles. The molecule has 134 valence electrons. The number of nitrogens with zero attached hydrogens (tertiary/aromatic N) is 2. The van der Waals surface area contributed by atoms with Crippen molar-refractivity contribution >= 4 is 35.6 Å². The Morgan fingerprint density at radius 1 is 1.25 bits per heavy atom. The lowest BCUT2D eigenvalue weighted by Crippen LogP contribution is -2.43. The van der Waals surface area contributed by atoms with Gasteiger partial charge >= 0.3 is 0 Å². The van der Waals surface area contributed by atoms with E-state index in [0.29, 0.717) is 13.2 Å². The van der Waals surface area contributed by atoms with Crippen LogP contribution in [0.3, 0.4) is 0 Å². The molecule has 1 unspecified atom stereocenters. The minimum absolute atomic E-state index is 0. The molecule has 0 spiro atoms. The Hall–Kier alpha value is -1.28. The molecule has 2 rings (SSSR count). The van der Waals surface area contributed by atoms with Crippen molar-refractivity contribution in [1.82, 2.24) is 10.6 Å². The number of hydrogen-bond donors (Lipinski definition) is 2. The van der Waals surface area contributed by atoms with Gasteiger partial charge in [0, 0.05) is 38.5 Å². The van der Waals surface area contributed by atoms with Crippen molar-refractivity contribution in [3.05, 3.63) is 42.0 Å². The van der Waals surface area contributed by atoms with Gasteiger partial charge < -0.3 is 20.3 Å². The molecule has 1 aliphatic rings. The first-order chi connectivity index (χ1) is 11.2. The molecule has 24 heavy (non-hydrogen) atoms. The summed E-state index contributed by atoms with van der Waals surface area (Å²) in [6.45, 7) is 8.31. The molecule has 1 aromatic rings. The summed E-state index contributed by atoms with van der Waals surface area (Å²) in [5.74, 6) is 0.824. The van der Waals surface area contributed by atoms with E-state index in [4.69, 9.17) is 4.74 Å². The average Bonchev–Trinajstić information content (AvgIpc) is 3.08. The van der Waals surface area contributed by atoms with Crippen LogP contribution in [0.25, 0.3) is 0 Å². The topological polar surface area (TPSA) is 48.9 Å². The molecular weight excluding hydrogens is 415 g/mol. The Bertz CT molecular complexity index is 522. The third-order valence-corrected chi connectivity index (χ3v) is 3.68. The summed E-state index contributed by atoms with van der Waals surface area (Å²) in [6.07, 6.45) is 4.40. The molecule has 0 amide bonds. The van der Waals surface area contributed by atoms with Crippen LogP contribution in [-0.2, 0) is 11.3 Å². The highest BCUT2D eigenvalue weighted by Crippen LogP contribution is 2.17. The second-order valence-electron chi connectivity index (χ2n) is 5.74. The zero-order valence-electron chi connectivity index (χ0n) is 14.8. The van der Waals surface area contributed by atoms with Gasteiger partial charge in [-0.1, -0.05) is 24.3 Å². The maximum absolute atomic E-state index is 5.15. The zero-order chi connectivity index (χ0) is 16.5. The van der Waals surface area contributed by atoms with Crippen LogP contribution in [-0.4, -0.2) is 45.4 Å². The molecule has 2 N–H and O–H groups in total. The van der Waals surface area contributed by atoms with Crippen molar-refractivity contribution in [2.24, 2.45) is 4.99 Å². The first kappa shape index (κ1) is 20.8. The van der Waals surface area contributed by atoms with Crippen LogP contribution in [0.5, 0.6) is 0 Å². The third-order valence-electron chi connectivity index (χ3n) is 3.68. The summed E-state index contributed by atoms with van der Waals surface area (Å²) in [4.78, 5) is 6.98. The fourth-order valence-corrected chi connectivity index (χ4v) is 2.52. The highest BCUT2D eigenvalue weighted by Gasteiger charge is 2.07. The molecule has 0 aliphatic carbocycles. The molecule has 1 atom stereocenters. The van der Waals surface area contributed by atoms with E-state index in [1.807, 2.05) is 0 Å². The highest BCUT2D eigenvalue weighted by molar-refractivity contribution is 14.0. The van der Waals surface area contributed by atoms with Gasteiger partial charge in [0.25, 0.3) is 0 Å². The van der Waals surface area contributed by atoms with Crippen molar-refractivity contribution in [2.75, 3.05) is 38.3 Å². The van der Waals surface area contributed by atoms with Gasteiger partial charge in [-0.3, -0.25) is 0 Å². The van der Waals surface area contributed by atoms with Crippen molar-refractivity contribution in [2.45, 2.75) is 26.4 Å². The molecule has 1 aromatic carbocycles. The number of hydrogen-bond acceptors (Lipinski definition) is 3. The summed E-state index contributed by atoms with van der Waals surface area (Å²) in [6, 6.07) is 8.87. The van der Waals surface area contributed by atoms with Crippen LogP contribution in [0.2, 0.25) is 0 Å². The molecule has 0 saturated heterocycles. The molecular formula is C18H29IN4O. The van der Waals surface area contributed by atoms with Gasteiger partial charge in [-0.25, -0.2) is 4.99 Å². The summed E-state index contributed by atoms with van der Waals surface area (Å²) in [5, 5.41) is 6.61. The number of aliphatic imine (C=N–C) groups is 1. The predicted molar refractivity (Wildman–Crippen MR) is 112 cm³/mol. The van der Waals surface area contributed by atoms with Gasteiger partial charge in [0.05, 0.1) is 13.2 Å². The molecule has 0 bridgehead atoms. The number of nitrogens with one attached hydrogen (secondary N) is 2. The first-order valence-electron chi connectivity index (χ1n) is 8.25. The minimum Gasteiger partial charge on any atom is -0.383 e. The molecule has 1 aliphatic heterocycles. The van der Waals surface area contributed by atoms with E-state index in [1.165, 1.54) is 11.3 Å². The average molecular weight is 444 g/mol. The number of halogens is 1. The number of methoxy groups -OCH3 is 1. The molecule has 0 aromatic heterocycles. The lowest BCUT2D eigenvalue weighted by molar-refractivity contribution is 0.179. The van der Waals surface area contributed by atoms with Gasteiger partial charge in [-0.15, -0.1) is 24.0 Å². The SMILES string of the molecule is CCNC(=NCc1ccc(N2CC=CC2)cc1)NC(C)COC.I. The maximum Gasteiger partial charge on any atom is 0.191 e. The Labute approximate surface area is 162 Å². The highest BCUT2D eigenvalue weighted by atomic mass is 127. The lowest BCUT2D eigenvalue weighted by atomic mass is 10.2. The summed E-state index contributed by atoms with van der Waals surface area (Å²) >= 11 is 0. The number of rotatable bonds is 7. The van der Waals surface area contributed by atoms with Crippen LogP contribution in [0, 0.1) is 0 Å². The largest absolute Gasteiger partial charge is 0.383 e. The fraction of sp³-hybridized carbons (Fsp3) is 0.500. The molecule has 5 nitrogen and oxygen atoms in total. The second-order valence-corrected chi connectivity index (χ2v) is 5.74. The maximum atomic E-state index is 5.15. The molecule has 6 heteroatoms. The Balaban J connectivity index is 0.00000288. The van der Waals surface area contributed by atoms with E-state index in [2.05, 4.69) is 70.8 Å². The number of guanidine groups is 1. The van der Waals surface area contributed by atoms with E-state index in [9.17, 15) is 0 Å². The van der Waals surface area contributed by atoms with Crippen molar-refractivity contribution in [1.29, 1.82) is 0 Å². The van der Waals surface area contributed by atoms with Gasteiger partial charge in [-0.05, 0) is 31.5 Å². The summed E-state index contributed by atoms with van der Waals surface area (Å²) in [7, 11) is 1.71. The molecule has 0 fully saturated rings. The van der Waals surface area contributed by atoms with Crippen molar-refractivity contribution in [3.63, 3.8) is 0 Å². The van der Waals surface area contributed by atoms with Crippen LogP contribution < -0.4 is 15.5 Å². The second kappa shape index (κ2) is 11.3. The smallest absolute Gasteiger partial charge is 0.191 e. The van der Waals surface area contributed by atoms with Gasteiger partial charge in [0.2, 0.25) is 0 Å². The van der Waals surface area contributed by atoms with E-state index < -0.39 is 0 Å². The van der Waals surface area contributed by atoms with Gasteiger partial charge in [0.1, 0.15) is 0 Å². The number of benzene rings is 1. The van der Waals surface area contributed by atoms with Crippen LogP contribution in [0.15, 0.2) is 41.4 Å². The first-order valence-corrected chi connectivity index (χ1v) is 8.25. The third kappa shape index (κ3) is 6.68.